The van der Waals surface area contributed by atoms with Crippen molar-refractivity contribution in [2.75, 3.05) is 6.54 Å². The summed E-state index contributed by atoms with van der Waals surface area (Å²) in [4.78, 5) is 8.55. The molecular formula is C13H12N4OS. The Kier molecular flexibility index (Phi) is 3.35. The molecule has 0 radical (unpaired) electrons. The molecule has 5 nitrogen and oxygen atoms in total. The van der Waals surface area contributed by atoms with Gasteiger partial charge in [0.25, 0.3) is 0 Å². The second-order valence-electron chi connectivity index (χ2n) is 4.03. The van der Waals surface area contributed by atoms with Crippen LogP contribution < -0.4 is 5.73 Å². The molecule has 2 heterocycles. The quantitative estimate of drug-likeness (QED) is 0.788. The van der Waals surface area contributed by atoms with Crippen LogP contribution in [0.1, 0.15) is 17.4 Å². The van der Waals surface area contributed by atoms with Gasteiger partial charge in [0, 0.05) is 11.9 Å². The molecule has 0 aliphatic heterocycles. The molecule has 0 saturated heterocycles. The zero-order chi connectivity index (χ0) is 13.1. The summed E-state index contributed by atoms with van der Waals surface area (Å²) in [5, 5.41) is 5.84. The van der Waals surface area contributed by atoms with Gasteiger partial charge in [-0.3, -0.25) is 0 Å². The number of hydrogen-bond donors (Lipinski definition) is 1. The minimum absolute atomic E-state index is 0.0823. The van der Waals surface area contributed by atoms with Gasteiger partial charge in [0.2, 0.25) is 11.7 Å². The molecule has 2 aromatic heterocycles. The zero-order valence-corrected chi connectivity index (χ0v) is 10.9. The van der Waals surface area contributed by atoms with Gasteiger partial charge in [-0.15, -0.1) is 11.3 Å². The molecule has 3 rings (SSSR count). The van der Waals surface area contributed by atoms with E-state index in [4.69, 9.17) is 10.3 Å². The number of nitrogens with zero attached hydrogens (tertiary/aromatic N) is 3. The monoisotopic (exact) mass is 272 g/mol. The van der Waals surface area contributed by atoms with Crippen LogP contribution in [-0.2, 0) is 0 Å². The van der Waals surface area contributed by atoms with E-state index in [-0.39, 0.29) is 5.92 Å². The lowest BCUT2D eigenvalue weighted by atomic mass is 9.99. The Morgan fingerprint density at radius 3 is 2.79 bits per heavy atom. The molecule has 0 saturated carbocycles. The largest absolute Gasteiger partial charge is 0.338 e. The SMILES string of the molecule is NCC(c1ccccc1)c1nc(-c2cscn2)no1. The van der Waals surface area contributed by atoms with E-state index in [9.17, 15) is 0 Å². The number of rotatable bonds is 4. The zero-order valence-electron chi connectivity index (χ0n) is 10.1. The summed E-state index contributed by atoms with van der Waals surface area (Å²) in [5.74, 6) is 0.948. The molecule has 1 aromatic carbocycles. The highest BCUT2D eigenvalue weighted by Crippen LogP contribution is 2.24. The highest BCUT2D eigenvalue weighted by Gasteiger charge is 2.20. The highest BCUT2D eigenvalue weighted by atomic mass is 32.1. The Morgan fingerprint density at radius 2 is 2.11 bits per heavy atom. The molecule has 19 heavy (non-hydrogen) atoms. The third kappa shape index (κ3) is 2.40. The van der Waals surface area contributed by atoms with Gasteiger partial charge in [-0.25, -0.2) is 4.98 Å². The van der Waals surface area contributed by atoms with Crippen LogP contribution in [0.4, 0.5) is 0 Å². The van der Waals surface area contributed by atoms with E-state index in [1.165, 1.54) is 11.3 Å². The summed E-state index contributed by atoms with van der Waals surface area (Å²) < 4.78 is 5.32. The van der Waals surface area contributed by atoms with Crippen LogP contribution in [0.3, 0.4) is 0 Å². The third-order valence-electron chi connectivity index (χ3n) is 2.84. The first-order chi connectivity index (χ1) is 9.38. The molecule has 0 fully saturated rings. The Hall–Kier alpha value is -2.05. The summed E-state index contributed by atoms with van der Waals surface area (Å²) in [6, 6.07) is 9.91. The first-order valence-electron chi connectivity index (χ1n) is 5.85. The van der Waals surface area contributed by atoms with Crippen LogP contribution in [0, 0.1) is 0 Å². The second kappa shape index (κ2) is 5.29. The maximum absolute atomic E-state index is 5.82. The topological polar surface area (TPSA) is 77.8 Å². The van der Waals surface area contributed by atoms with Crippen molar-refractivity contribution in [1.29, 1.82) is 0 Å². The number of nitrogens with two attached hydrogens (primary N) is 1. The summed E-state index contributed by atoms with van der Waals surface area (Å²) in [6.07, 6.45) is 0. The second-order valence-corrected chi connectivity index (χ2v) is 4.75. The molecule has 2 N–H and O–H groups in total. The van der Waals surface area contributed by atoms with Gasteiger partial charge in [-0.05, 0) is 5.56 Å². The third-order valence-corrected chi connectivity index (χ3v) is 3.43. The van der Waals surface area contributed by atoms with Crippen LogP contribution in [-0.4, -0.2) is 21.7 Å². The highest BCUT2D eigenvalue weighted by molar-refractivity contribution is 7.07. The molecule has 3 aromatic rings. The van der Waals surface area contributed by atoms with Crippen LogP contribution >= 0.6 is 11.3 Å². The van der Waals surface area contributed by atoms with Crippen molar-refractivity contribution in [1.82, 2.24) is 15.1 Å². The van der Waals surface area contributed by atoms with E-state index in [1.807, 2.05) is 35.7 Å². The molecule has 0 spiro atoms. The van der Waals surface area contributed by atoms with E-state index < -0.39 is 0 Å². The molecule has 0 aliphatic rings. The molecule has 0 amide bonds. The normalized spacial score (nSPS) is 12.5. The lowest BCUT2D eigenvalue weighted by molar-refractivity contribution is 0.367. The van der Waals surface area contributed by atoms with Gasteiger partial charge in [0.1, 0.15) is 5.69 Å². The summed E-state index contributed by atoms with van der Waals surface area (Å²) in [7, 11) is 0. The fourth-order valence-corrected chi connectivity index (χ4v) is 2.40. The lowest BCUT2D eigenvalue weighted by Crippen LogP contribution is -2.14. The number of benzene rings is 1. The molecule has 0 aliphatic carbocycles. The lowest BCUT2D eigenvalue weighted by Gasteiger charge is -2.09. The van der Waals surface area contributed by atoms with E-state index in [0.717, 1.165) is 11.3 Å². The van der Waals surface area contributed by atoms with E-state index >= 15 is 0 Å². The first kappa shape index (κ1) is 12.0. The van der Waals surface area contributed by atoms with Crippen molar-refractivity contribution in [2.24, 2.45) is 5.73 Å². The van der Waals surface area contributed by atoms with Crippen molar-refractivity contribution in [3.05, 3.63) is 52.7 Å². The average Bonchev–Trinajstić information content (AvgIpc) is 3.11. The summed E-state index contributed by atoms with van der Waals surface area (Å²) in [5.41, 5.74) is 9.36. The number of thiazole rings is 1. The van der Waals surface area contributed by atoms with Crippen molar-refractivity contribution >= 4 is 11.3 Å². The van der Waals surface area contributed by atoms with Crippen LogP contribution in [0.25, 0.3) is 11.5 Å². The van der Waals surface area contributed by atoms with Gasteiger partial charge in [0.15, 0.2) is 0 Å². The number of hydrogen-bond acceptors (Lipinski definition) is 6. The minimum atomic E-state index is -0.0823. The molecule has 1 atom stereocenters. The van der Waals surface area contributed by atoms with Gasteiger partial charge in [-0.2, -0.15) is 4.98 Å². The molecule has 6 heteroatoms. The van der Waals surface area contributed by atoms with Gasteiger partial charge in [0.05, 0.1) is 11.4 Å². The Balaban J connectivity index is 1.93. The molecular weight excluding hydrogens is 260 g/mol. The Labute approximate surface area is 114 Å². The van der Waals surface area contributed by atoms with Crippen LogP contribution in [0.2, 0.25) is 0 Å². The van der Waals surface area contributed by atoms with Gasteiger partial charge >= 0.3 is 0 Å². The van der Waals surface area contributed by atoms with Crippen molar-refractivity contribution in [2.45, 2.75) is 5.92 Å². The van der Waals surface area contributed by atoms with E-state index in [0.29, 0.717) is 18.3 Å². The van der Waals surface area contributed by atoms with Gasteiger partial charge < -0.3 is 10.3 Å². The fourth-order valence-electron chi connectivity index (χ4n) is 1.87. The van der Waals surface area contributed by atoms with E-state index in [1.54, 1.807) is 5.51 Å². The molecule has 1 unspecified atom stereocenters. The summed E-state index contributed by atoms with van der Waals surface area (Å²) in [6.45, 7) is 0.419. The number of aromatic nitrogens is 3. The van der Waals surface area contributed by atoms with Crippen molar-refractivity contribution in [3.8, 4) is 11.5 Å². The Bertz CT molecular complexity index is 636. The Morgan fingerprint density at radius 1 is 1.26 bits per heavy atom. The predicted octanol–water partition coefficient (Wildman–Crippen LogP) is 2.28. The predicted molar refractivity (Wildman–Crippen MR) is 72.7 cm³/mol. The van der Waals surface area contributed by atoms with Crippen molar-refractivity contribution in [3.63, 3.8) is 0 Å². The summed E-state index contributed by atoms with van der Waals surface area (Å²) >= 11 is 1.50. The van der Waals surface area contributed by atoms with Crippen LogP contribution in [0.5, 0.6) is 0 Å². The standard InChI is InChI=1S/C13H12N4OS/c14-6-10(9-4-2-1-3-5-9)13-16-12(17-18-13)11-7-19-8-15-11/h1-5,7-8,10H,6,14H2. The molecule has 0 bridgehead atoms. The minimum Gasteiger partial charge on any atom is -0.338 e. The van der Waals surface area contributed by atoms with Gasteiger partial charge in [-0.1, -0.05) is 35.5 Å². The maximum Gasteiger partial charge on any atom is 0.235 e. The fraction of sp³-hybridized carbons (Fsp3) is 0.154. The molecule has 96 valence electrons. The van der Waals surface area contributed by atoms with E-state index in [2.05, 4.69) is 15.1 Å². The average molecular weight is 272 g/mol. The smallest absolute Gasteiger partial charge is 0.235 e. The van der Waals surface area contributed by atoms with Crippen LogP contribution in [0.15, 0.2) is 45.7 Å². The maximum atomic E-state index is 5.82. The first-order valence-corrected chi connectivity index (χ1v) is 6.80. The van der Waals surface area contributed by atoms with Crippen molar-refractivity contribution < 1.29 is 4.52 Å².